The highest BCUT2D eigenvalue weighted by atomic mass is 16.5. The fourth-order valence-electron chi connectivity index (χ4n) is 1.76. The van der Waals surface area contributed by atoms with Crippen LogP contribution in [0.1, 0.15) is 32.6 Å². The van der Waals surface area contributed by atoms with Gasteiger partial charge in [-0.05, 0) is 32.7 Å². The molecule has 0 spiro atoms. The van der Waals surface area contributed by atoms with Crippen LogP contribution in [0.15, 0.2) is 0 Å². The molecular weight excluding hydrogens is 178 g/mol. The summed E-state index contributed by atoms with van der Waals surface area (Å²) in [6.07, 6.45) is 5.17. The molecule has 0 aliphatic carbocycles. The van der Waals surface area contributed by atoms with Crippen LogP contribution in [0.4, 0.5) is 0 Å². The van der Waals surface area contributed by atoms with E-state index >= 15 is 0 Å². The van der Waals surface area contributed by atoms with Gasteiger partial charge < -0.3 is 14.8 Å². The molecule has 14 heavy (non-hydrogen) atoms. The van der Waals surface area contributed by atoms with E-state index in [4.69, 9.17) is 9.47 Å². The summed E-state index contributed by atoms with van der Waals surface area (Å²) >= 11 is 0. The number of rotatable bonds is 7. The van der Waals surface area contributed by atoms with Crippen molar-refractivity contribution in [3.05, 3.63) is 0 Å². The third-order valence-corrected chi connectivity index (χ3v) is 2.60. The number of hydrogen-bond donors (Lipinski definition) is 1. The molecule has 0 bridgehead atoms. The summed E-state index contributed by atoms with van der Waals surface area (Å²) in [4.78, 5) is 0. The first-order valence-electron chi connectivity index (χ1n) is 5.82. The standard InChI is InChI=1S/C11H23NO2/c1-2-13-9-10-14-8-6-11-5-3-4-7-12-11/h11-12H,2-10H2,1H3/t11-/m0/s1. The zero-order valence-electron chi connectivity index (χ0n) is 9.26. The van der Waals surface area contributed by atoms with Crippen molar-refractivity contribution in [3.63, 3.8) is 0 Å². The number of ether oxygens (including phenoxy) is 2. The van der Waals surface area contributed by atoms with Crippen LogP contribution in [0.25, 0.3) is 0 Å². The Morgan fingerprint density at radius 1 is 1.14 bits per heavy atom. The molecule has 1 atom stereocenters. The molecule has 1 aliphatic heterocycles. The van der Waals surface area contributed by atoms with E-state index in [0.29, 0.717) is 6.04 Å². The van der Waals surface area contributed by atoms with Gasteiger partial charge in [-0.3, -0.25) is 0 Å². The Morgan fingerprint density at radius 2 is 2.00 bits per heavy atom. The van der Waals surface area contributed by atoms with Gasteiger partial charge in [0.05, 0.1) is 13.2 Å². The van der Waals surface area contributed by atoms with Crippen molar-refractivity contribution in [2.45, 2.75) is 38.6 Å². The van der Waals surface area contributed by atoms with Gasteiger partial charge in [-0.1, -0.05) is 6.42 Å². The first-order valence-corrected chi connectivity index (χ1v) is 5.82. The van der Waals surface area contributed by atoms with Gasteiger partial charge in [0.15, 0.2) is 0 Å². The Morgan fingerprint density at radius 3 is 2.71 bits per heavy atom. The molecule has 1 N–H and O–H groups in total. The lowest BCUT2D eigenvalue weighted by Crippen LogP contribution is -2.34. The second-order valence-corrected chi connectivity index (χ2v) is 3.74. The molecule has 0 aromatic heterocycles. The largest absolute Gasteiger partial charge is 0.379 e. The molecule has 1 saturated heterocycles. The van der Waals surface area contributed by atoms with E-state index < -0.39 is 0 Å². The lowest BCUT2D eigenvalue weighted by molar-refractivity contribution is 0.0483. The predicted molar refractivity (Wildman–Crippen MR) is 57.6 cm³/mol. The molecule has 0 aromatic carbocycles. The van der Waals surface area contributed by atoms with E-state index in [1.807, 2.05) is 6.92 Å². The summed E-state index contributed by atoms with van der Waals surface area (Å²) in [6.45, 7) is 6.31. The first-order chi connectivity index (χ1) is 6.93. The van der Waals surface area contributed by atoms with Crippen molar-refractivity contribution in [3.8, 4) is 0 Å². The molecule has 3 heteroatoms. The van der Waals surface area contributed by atoms with Gasteiger partial charge >= 0.3 is 0 Å². The minimum Gasteiger partial charge on any atom is -0.379 e. The number of nitrogens with one attached hydrogen (secondary N) is 1. The summed E-state index contributed by atoms with van der Waals surface area (Å²) in [5, 5.41) is 3.51. The molecule has 0 radical (unpaired) electrons. The average Bonchev–Trinajstić information content (AvgIpc) is 2.25. The van der Waals surface area contributed by atoms with Gasteiger partial charge in [0.25, 0.3) is 0 Å². The molecule has 1 heterocycles. The molecule has 1 fully saturated rings. The van der Waals surface area contributed by atoms with E-state index in [1.165, 1.54) is 25.8 Å². The SMILES string of the molecule is CCOCCOCC[C@@H]1CCCCN1. The highest BCUT2D eigenvalue weighted by molar-refractivity contribution is 4.71. The molecule has 1 aliphatic rings. The van der Waals surface area contributed by atoms with E-state index in [9.17, 15) is 0 Å². The normalized spacial score (nSPS) is 22.5. The molecular formula is C11H23NO2. The summed E-state index contributed by atoms with van der Waals surface area (Å²) in [7, 11) is 0. The van der Waals surface area contributed by atoms with Crippen LogP contribution < -0.4 is 5.32 Å². The zero-order chi connectivity index (χ0) is 10.1. The topological polar surface area (TPSA) is 30.5 Å². The van der Waals surface area contributed by atoms with E-state index in [-0.39, 0.29) is 0 Å². The van der Waals surface area contributed by atoms with Crippen molar-refractivity contribution in [2.75, 3.05) is 33.0 Å². The monoisotopic (exact) mass is 201 g/mol. The van der Waals surface area contributed by atoms with Gasteiger partial charge in [0, 0.05) is 19.3 Å². The molecule has 0 amide bonds. The van der Waals surface area contributed by atoms with Crippen molar-refractivity contribution < 1.29 is 9.47 Å². The van der Waals surface area contributed by atoms with Crippen molar-refractivity contribution in [1.29, 1.82) is 0 Å². The molecule has 0 unspecified atom stereocenters. The van der Waals surface area contributed by atoms with Crippen LogP contribution >= 0.6 is 0 Å². The van der Waals surface area contributed by atoms with Crippen LogP contribution in [0.3, 0.4) is 0 Å². The van der Waals surface area contributed by atoms with Gasteiger partial charge in [-0.2, -0.15) is 0 Å². The van der Waals surface area contributed by atoms with Crippen molar-refractivity contribution in [1.82, 2.24) is 5.32 Å². The fraction of sp³-hybridized carbons (Fsp3) is 1.00. The molecule has 3 nitrogen and oxygen atoms in total. The van der Waals surface area contributed by atoms with E-state index in [2.05, 4.69) is 5.32 Å². The maximum Gasteiger partial charge on any atom is 0.0700 e. The summed E-state index contributed by atoms with van der Waals surface area (Å²) in [5.74, 6) is 0. The second kappa shape index (κ2) is 8.21. The third kappa shape index (κ3) is 5.58. The minimum absolute atomic E-state index is 0.691. The fourth-order valence-corrected chi connectivity index (χ4v) is 1.76. The molecule has 0 aromatic rings. The summed E-state index contributed by atoms with van der Waals surface area (Å²) < 4.78 is 10.7. The number of piperidine rings is 1. The maximum absolute atomic E-state index is 5.47. The highest BCUT2D eigenvalue weighted by Crippen LogP contribution is 2.09. The average molecular weight is 201 g/mol. The second-order valence-electron chi connectivity index (χ2n) is 3.74. The van der Waals surface area contributed by atoms with Gasteiger partial charge in [-0.25, -0.2) is 0 Å². The van der Waals surface area contributed by atoms with Crippen LogP contribution in [0, 0.1) is 0 Å². The quantitative estimate of drug-likeness (QED) is 0.634. The van der Waals surface area contributed by atoms with Crippen LogP contribution in [-0.4, -0.2) is 39.0 Å². The van der Waals surface area contributed by atoms with Crippen LogP contribution in [0.2, 0.25) is 0 Å². The Bertz CT molecular complexity index is 124. The van der Waals surface area contributed by atoms with Gasteiger partial charge in [-0.15, -0.1) is 0 Å². The maximum atomic E-state index is 5.47. The Balaban J connectivity index is 1.82. The Labute approximate surface area is 87.2 Å². The number of hydrogen-bond acceptors (Lipinski definition) is 3. The van der Waals surface area contributed by atoms with Crippen molar-refractivity contribution >= 4 is 0 Å². The predicted octanol–water partition coefficient (Wildman–Crippen LogP) is 1.57. The minimum atomic E-state index is 0.691. The molecule has 0 saturated carbocycles. The summed E-state index contributed by atoms with van der Waals surface area (Å²) in [5.41, 5.74) is 0. The smallest absolute Gasteiger partial charge is 0.0700 e. The highest BCUT2D eigenvalue weighted by Gasteiger charge is 2.11. The lowest BCUT2D eigenvalue weighted by Gasteiger charge is -2.23. The van der Waals surface area contributed by atoms with Crippen LogP contribution in [0.5, 0.6) is 0 Å². The summed E-state index contributed by atoms with van der Waals surface area (Å²) in [6, 6.07) is 0.691. The van der Waals surface area contributed by atoms with Crippen molar-refractivity contribution in [2.24, 2.45) is 0 Å². The Hall–Kier alpha value is -0.120. The Kier molecular flexibility index (Phi) is 7.01. The molecule has 84 valence electrons. The van der Waals surface area contributed by atoms with Gasteiger partial charge in [0.1, 0.15) is 0 Å². The van der Waals surface area contributed by atoms with E-state index in [1.54, 1.807) is 0 Å². The van der Waals surface area contributed by atoms with E-state index in [0.717, 1.165) is 32.8 Å². The van der Waals surface area contributed by atoms with Gasteiger partial charge in [0.2, 0.25) is 0 Å². The van der Waals surface area contributed by atoms with Crippen LogP contribution in [-0.2, 0) is 9.47 Å². The molecule has 1 rings (SSSR count). The zero-order valence-corrected chi connectivity index (χ0v) is 9.26. The third-order valence-electron chi connectivity index (χ3n) is 2.60. The first kappa shape index (κ1) is 12.0. The lowest BCUT2D eigenvalue weighted by atomic mass is 10.0.